The van der Waals surface area contributed by atoms with Crippen LogP contribution in [0.15, 0.2) is 18.3 Å². The summed E-state index contributed by atoms with van der Waals surface area (Å²) in [6.07, 6.45) is 1.10. The Bertz CT molecular complexity index is 363. The fourth-order valence-corrected chi connectivity index (χ4v) is 1.47. The molecule has 0 saturated carbocycles. The summed E-state index contributed by atoms with van der Waals surface area (Å²) in [6, 6.07) is 3.63. The Morgan fingerprint density at radius 3 is 2.71 bits per heavy atom. The van der Waals surface area contributed by atoms with Crippen LogP contribution in [0.5, 0.6) is 0 Å². The molecule has 1 unspecified atom stereocenters. The lowest BCUT2D eigenvalue weighted by atomic mass is 10.2. The molecule has 0 aliphatic rings. The van der Waals surface area contributed by atoms with E-state index in [1.54, 1.807) is 26.2 Å². The first-order valence-electron chi connectivity index (χ1n) is 5.68. The van der Waals surface area contributed by atoms with Crippen LogP contribution in [0.4, 0.5) is 5.69 Å². The summed E-state index contributed by atoms with van der Waals surface area (Å²) in [4.78, 5) is 17.4. The van der Waals surface area contributed by atoms with E-state index in [9.17, 15) is 9.90 Å². The normalized spacial score (nSPS) is 12.0. The van der Waals surface area contributed by atoms with Crippen LogP contribution in [0.25, 0.3) is 0 Å². The Labute approximate surface area is 101 Å². The predicted molar refractivity (Wildman–Crippen MR) is 66.8 cm³/mol. The van der Waals surface area contributed by atoms with Gasteiger partial charge in [-0.05, 0) is 26.0 Å². The third-order valence-corrected chi connectivity index (χ3v) is 2.56. The highest BCUT2D eigenvalue weighted by atomic mass is 16.3. The maximum atomic E-state index is 11.3. The van der Waals surface area contributed by atoms with Gasteiger partial charge >= 0.3 is 0 Å². The van der Waals surface area contributed by atoms with E-state index >= 15 is 0 Å². The average Bonchev–Trinajstić information content (AvgIpc) is 2.35. The number of aliphatic hydroxyl groups is 1. The van der Waals surface area contributed by atoms with E-state index in [0.717, 1.165) is 12.2 Å². The van der Waals surface area contributed by atoms with E-state index in [2.05, 4.69) is 10.3 Å². The standard InChI is InChI=1S/C12H19N3O2/c1-4-15(8-12(17)13-3)10-5-6-11(9(2)16)14-7-10/h5-7,9,16H,4,8H2,1-3H3,(H,13,17). The SMILES string of the molecule is CCN(CC(=O)NC)c1ccc(C(C)O)nc1. The molecule has 94 valence electrons. The number of amides is 1. The Kier molecular flexibility index (Phi) is 4.90. The molecule has 0 aliphatic carbocycles. The molecule has 5 heteroatoms. The third-order valence-electron chi connectivity index (χ3n) is 2.56. The molecule has 1 aromatic heterocycles. The van der Waals surface area contributed by atoms with Crippen LogP contribution in [0.2, 0.25) is 0 Å². The van der Waals surface area contributed by atoms with Crippen LogP contribution in [-0.2, 0) is 4.79 Å². The highest BCUT2D eigenvalue weighted by molar-refractivity contribution is 5.80. The van der Waals surface area contributed by atoms with Crippen molar-refractivity contribution in [3.8, 4) is 0 Å². The lowest BCUT2D eigenvalue weighted by Crippen LogP contribution is -2.35. The largest absolute Gasteiger partial charge is 0.387 e. The number of aromatic nitrogens is 1. The van der Waals surface area contributed by atoms with E-state index in [4.69, 9.17) is 0 Å². The van der Waals surface area contributed by atoms with Gasteiger partial charge in [0.2, 0.25) is 5.91 Å². The van der Waals surface area contributed by atoms with E-state index in [1.807, 2.05) is 17.9 Å². The van der Waals surface area contributed by atoms with Crippen molar-refractivity contribution in [3.05, 3.63) is 24.0 Å². The number of hydrogen-bond acceptors (Lipinski definition) is 4. The number of pyridine rings is 1. The van der Waals surface area contributed by atoms with Crippen LogP contribution < -0.4 is 10.2 Å². The number of aliphatic hydroxyl groups excluding tert-OH is 1. The summed E-state index contributed by atoms with van der Waals surface area (Å²) in [5.74, 6) is -0.0357. The fraction of sp³-hybridized carbons (Fsp3) is 0.500. The predicted octanol–water partition coefficient (Wildman–Crippen LogP) is 0.707. The summed E-state index contributed by atoms with van der Waals surface area (Å²) in [5.41, 5.74) is 1.50. The molecule has 0 spiro atoms. The van der Waals surface area contributed by atoms with Gasteiger partial charge in [0.05, 0.1) is 30.2 Å². The van der Waals surface area contributed by atoms with Gasteiger partial charge in [0.1, 0.15) is 0 Å². The first kappa shape index (κ1) is 13.4. The zero-order valence-electron chi connectivity index (χ0n) is 10.5. The van der Waals surface area contributed by atoms with Crippen LogP contribution in [-0.4, -0.2) is 36.1 Å². The van der Waals surface area contributed by atoms with E-state index in [-0.39, 0.29) is 5.91 Å². The third kappa shape index (κ3) is 3.71. The molecule has 1 rings (SSSR count). The molecule has 5 nitrogen and oxygen atoms in total. The van der Waals surface area contributed by atoms with E-state index in [0.29, 0.717) is 12.2 Å². The molecule has 0 fully saturated rings. The smallest absolute Gasteiger partial charge is 0.239 e. The number of rotatable bonds is 5. The van der Waals surface area contributed by atoms with Gasteiger partial charge in [-0.15, -0.1) is 0 Å². The molecule has 0 bridgehead atoms. The highest BCUT2D eigenvalue weighted by Gasteiger charge is 2.10. The van der Waals surface area contributed by atoms with Crippen molar-refractivity contribution in [3.63, 3.8) is 0 Å². The molecule has 1 heterocycles. The summed E-state index contributed by atoms with van der Waals surface area (Å²) in [5, 5.41) is 11.9. The van der Waals surface area contributed by atoms with Crippen molar-refractivity contribution in [2.24, 2.45) is 0 Å². The lowest BCUT2D eigenvalue weighted by Gasteiger charge is -2.21. The first-order valence-corrected chi connectivity index (χ1v) is 5.68. The number of likely N-dealkylation sites (N-methyl/N-ethyl adjacent to an activating group) is 2. The number of nitrogens with zero attached hydrogens (tertiary/aromatic N) is 2. The van der Waals surface area contributed by atoms with Crippen LogP contribution in [0.3, 0.4) is 0 Å². The van der Waals surface area contributed by atoms with Crippen molar-refractivity contribution < 1.29 is 9.90 Å². The Morgan fingerprint density at radius 2 is 2.29 bits per heavy atom. The van der Waals surface area contributed by atoms with Crippen molar-refractivity contribution in [1.29, 1.82) is 0 Å². The summed E-state index contributed by atoms with van der Waals surface area (Å²) in [7, 11) is 1.62. The van der Waals surface area contributed by atoms with Crippen molar-refractivity contribution in [2.75, 3.05) is 25.0 Å². The number of carbonyl (C=O) groups is 1. The average molecular weight is 237 g/mol. The van der Waals surface area contributed by atoms with E-state index < -0.39 is 6.10 Å². The zero-order valence-corrected chi connectivity index (χ0v) is 10.5. The molecule has 0 radical (unpaired) electrons. The monoisotopic (exact) mass is 237 g/mol. The summed E-state index contributed by atoms with van der Waals surface area (Å²) in [6.45, 7) is 4.68. The van der Waals surface area contributed by atoms with E-state index in [1.165, 1.54) is 0 Å². The zero-order chi connectivity index (χ0) is 12.8. The van der Waals surface area contributed by atoms with Crippen molar-refractivity contribution in [1.82, 2.24) is 10.3 Å². The van der Waals surface area contributed by atoms with Crippen LogP contribution >= 0.6 is 0 Å². The van der Waals surface area contributed by atoms with Gasteiger partial charge in [-0.2, -0.15) is 0 Å². The van der Waals surface area contributed by atoms with Gasteiger partial charge in [-0.3, -0.25) is 9.78 Å². The highest BCUT2D eigenvalue weighted by Crippen LogP contribution is 2.15. The van der Waals surface area contributed by atoms with Crippen molar-refractivity contribution >= 4 is 11.6 Å². The van der Waals surface area contributed by atoms with Gasteiger partial charge in [-0.1, -0.05) is 0 Å². The molecule has 2 N–H and O–H groups in total. The second kappa shape index (κ2) is 6.20. The molecule has 0 saturated heterocycles. The molecule has 1 aromatic rings. The molecule has 17 heavy (non-hydrogen) atoms. The molecular formula is C12H19N3O2. The summed E-state index contributed by atoms with van der Waals surface area (Å²) < 4.78 is 0. The maximum Gasteiger partial charge on any atom is 0.239 e. The fourth-order valence-electron chi connectivity index (χ4n) is 1.47. The number of nitrogens with one attached hydrogen (secondary N) is 1. The number of anilines is 1. The Morgan fingerprint density at radius 1 is 1.59 bits per heavy atom. The quantitative estimate of drug-likeness (QED) is 0.791. The minimum atomic E-state index is -0.571. The minimum absolute atomic E-state index is 0.0357. The van der Waals surface area contributed by atoms with Crippen molar-refractivity contribution in [2.45, 2.75) is 20.0 Å². The molecule has 1 atom stereocenters. The lowest BCUT2D eigenvalue weighted by molar-refractivity contribution is -0.119. The second-order valence-corrected chi connectivity index (χ2v) is 3.80. The van der Waals surface area contributed by atoms with Gasteiger partial charge in [-0.25, -0.2) is 0 Å². The Balaban J connectivity index is 2.78. The molecule has 0 aliphatic heterocycles. The minimum Gasteiger partial charge on any atom is -0.387 e. The topological polar surface area (TPSA) is 65.5 Å². The molecular weight excluding hydrogens is 218 g/mol. The number of carbonyl (C=O) groups excluding carboxylic acids is 1. The molecule has 0 aromatic carbocycles. The number of hydrogen-bond donors (Lipinski definition) is 2. The molecule has 1 amide bonds. The van der Waals surface area contributed by atoms with Crippen LogP contribution in [0, 0.1) is 0 Å². The van der Waals surface area contributed by atoms with Gasteiger partial charge in [0.25, 0.3) is 0 Å². The first-order chi connectivity index (χ1) is 8.08. The van der Waals surface area contributed by atoms with Gasteiger partial charge in [0, 0.05) is 13.6 Å². The maximum absolute atomic E-state index is 11.3. The Hall–Kier alpha value is -1.62. The second-order valence-electron chi connectivity index (χ2n) is 3.80. The van der Waals surface area contributed by atoms with Gasteiger partial charge < -0.3 is 15.3 Å². The summed E-state index contributed by atoms with van der Waals surface area (Å²) >= 11 is 0. The van der Waals surface area contributed by atoms with Crippen LogP contribution in [0.1, 0.15) is 25.6 Å². The van der Waals surface area contributed by atoms with Gasteiger partial charge in [0.15, 0.2) is 0 Å².